The Morgan fingerprint density at radius 2 is 2.12 bits per heavy atom. The fourth-order valence-corrected chi connectivity index (χ4v) is 6.32. The number of piperidine rings is 1. The van der Waals surface area contributed by atoms with Gasteiger partial charge in [-0.15, -0.1) is 0 Å². The SMILES string of the molecule is COc1ccc2nccc(C(O)CN3C4CCC3CC(NCC3=CC5=CNSN5C=C3)C4)c2n1. The highest BCUT2D eigenvalue weighted by Gasteiger charge is 2.41. The molecule has 2 aromatic rings. The number of nitrogens with zero attached hydrogens (tertiary/aromatic N) is 4. The van der Waals surface area contributed by atoms with Gasteiger partial charge in [0.25, 0.3) is 0 Å². The van der Waals surface area contributed by atoms with Crippen molar-refractivity contribution in [1.29, 1.82) is 0 Å². The van der Waals surface area contributed by atoms with E-state index in [1.165, 1.54) is 24.1 Å². The van der Waals surface area contributed by atoms with Crippen molar-refractivity contribution >= 4 is 23.2 Å². The largest absolute Gasteiger partial charge is 0.481 e. The van der Waals surface area contributed by atoms with Gasteiger partial charge < -0.3 is 19.9 Å². The maximum atomic E-state index is 11.2. The molecule has 2 saturated heterocycles. The highest BCUT2D eigenvalue weighted by Crippen LogP contribution is 2.38. The van der Waals surface area contributed by atoms with Crippen LogP contribution in [-0.2, 0) is 0 Å². The zero-order valence-electron chi connectivity index (χ0n) is 19.2. The van der Waals surface area contributed by atoms with Gasteiger partial charge in [-0.3, -0.25) is 14.2 Å². The zero-order valence-corrected chi connectivity index (χ0v) is 20.0. The van der Waals surface area contributed by atoms with Gasteiger partial charge in [-0.05, 0) is 55.5 Å². The van der Waals surface area contributed by atoms with E-state index in [9.17, 15) is 5.11 Å². The molecule has 3 N–H and O–H groups in total. The smallest absolute Gasteiger partial charge is 0.213 e. The summed E-state index contributed by atoms with van der Waals surface area (Å²) in [4.78, 5) is 11.5. The quantitative estimate of drug-likeness (QED) is 0.520. The lowest BCUT2D eigenvalue weighted by Crippen LogP contribution is -2.50. The first-order valence-electron chi connectivity index (χ1n) is 12.0. The van der Waals surface area contributed by atoms with Crippen molar-refractivity contribution < 1.29 is 9.84 Å². The van der Waals surface area contributed by atoms with E-state index in [-0.39, 0.29) is 0 Å². The van der Waals surface area contributed by atoms with Gasteiger partial charge in [0.1, 0.15) is 0 Å². The third kappa shape index (κ3) is 4.17. The Morgan fingerprint density at radius 3 is 2.94 bits per heavy atom. The van der Waals surface area contributed by atoms with Gasteiger partial charge in [0.05, 0.1) is 42.1 Å². The molecule has 6 rings (SSSR count). The molecule has 2 fully saturated rings. The molecule has 0 aliphatic carbocycles. The molecule has 2 aromatic heterocycles. The van der Waals surface area contributed by atoms with Crippen LogP contribution < -0.4 is 14.8 Å². The van der Waals surface area contributed by atoms with E-state index >= 15 is 0 Å². The molecule has 0 amide bonds. The molecule has 0 radical (unpaired) electrons. The summed E-state index contributed by atoms with van der Waals surface area (Å²) in [6, 6.07) is 7.11. The number of aromatic nitrogens is 2. The maximum Gasteiger partial charge on any atom is 0.213 e. The van der Waals surface area contributed by atoms with Gasteiger partial charge in [0, 0.05) is 61.4 Å². The number of methoxy groups -OCH3 is 1. The molecule has 9 heteroatoms. The molecule has 34 heavy (non-hydrogen) atoms. The van der Waals surface area contributed by atoms with Gasteiger partial charge in [0.2, 0.25) is 5.88 Å². The zero-order chi connectivity index (χ0) is 23.1. The van der Waals surface area contributed by atoms with Gasteiger partial charge in [-0.2, -0.15) is 0 Å². The minimum absolute atomic E-state index is 0.506. The first-order chi connectivity index (χ1) is 16.7. The number of nitrogens with one attached hydrogen (secondary N) is 2. The van der Waals surface area contributed by atoms with Gasteiger partial charge >= 0.3 is 0 Å². The second-order valence-electron chi connectivity index (χ2n) is 9.41. The molecule has 4 aliphatic heterocycles. The number of pyridine rings is 2. The van der Waals surface area contributed by atoms with Crippen LogP contribution >= 0.6 is 12.1 Å². The molecule has 178 valence electrons. The van der Waals surface area contributed by atoms with Crippen molar-refractivity contribution in [3.63, 3.8) is 0 Å². The summed E-state index contributed by atoms with van der Waals surface area (Å²) < 4.78 is 10.6. The minimum Gasteiger partial charge on any atom is -0.481 e. The number of aliphatic hydroxyl groups excluding tert-OH is 1. The predicted molar refractivity (Wildman–Crippen MR) is 133 cm³/mol. The summed E-state index contributed by atoms with van der Waals surface area (Å²) in [5.41, 5.74) is 4.83. The monoisotopic (exact) mass is 478 g/mol. The molecule has 2 bridgehead atoms. The van der Waals surface area contributed by atoms with Crippen LogP contribution in [0.5, 0.6) is 5.88 Å². The third-order valence-corrected chi connectivity index (χ3v) is 8.14. The Labute approximate surface area is 204 Å². The van der Waals surface area contributed by atoms with Gasteiger partial charge in [0.15, 0.2) is 0 Å². The Balaban J connectivity index is 1.10. The summed E-state index contributed by atoms with van der Waals surface area (Å²) in [6.07, 6.45) is 14.4. The molecule has 8 nitrogen and oxygen atoms in total. The number of hydrogen-bond donors (Lipinski definition) is 3. The molecular weight excluding hydrogens is 448 g/mol. The molecule has 6 heterocycles. The molecule has 0 spiro atoms. The summed E-state index contributed by atoms with van der Waals surface area (Å²) in [5.74, 6) is 0.538. The molecule has 4 aliphatic rings. The predicted octanol–water partition coefficient (Wildman–Crippen LogP) is 3.02. The van der Waals surface area contributed by atoms with E-state index in [0.29, 0.717) is 30.6 Å². The fourth-order valence-electron chi connectivity index (χ4n) is 5.70. The number of aliphatic hydroxyl groups is 1. The Bertz CT molecular complexity index is 1150. The van der Waals surface area contributed by atoms with Crippen LogP contribution in [0.2, 0.25) is 0 Å². The summed E-state index contributed by atoms with van der Waals surface area (Å²) in [7, 11) is 1.61. The van der Waals surface area contributed by atoms with Crippen LogP contribution in [0.25, 0.3) is 11.0 Å². The van der Waals surface area contributed by atoms with E-state index < -0.39 is 6.10 Å². The number of fused-ring (bicyclic) bond motifs is 4. The van der Waals surface area contributed by atoms with Crippen LogP contribution in [0.3, 0.4) is 0 Å². The number of allylic oxidation sites excluding steroid dienone is 1. The second-order valence-corrected chi connectivity index (χ2v) is 10.2. The molecule has 0 aromatic carbocycles. The topological polar surface area (TPSA) is 85.8 Å². The lowest BCUT2D eigenvalue weighted by molar-refractivity contribution is 0.0528. The second kappa shape index (κ2) is 9.22. The Kier molecular flexibility index (Phi) is 5.94. The van der Waals surface area contributed by atoms with Gasteiger partial charge in [-0.25, -0.2) is 4.98 Å². The van der Waals surface area contributed by atoms with Crippen molar-refractivity contribution in [1.82, 2.24) is 29.2 Å². The Hall–Kier alpha value is -2.59. The van der Waals surface area contributed by atoms with Gasteiger partial charge in [-0.1, -0.05) is 0 Å². The number of hydrogen-bond acceptors (Lipinski definition) is 9. The van der Waals surface area contributed by atoms with E-state index in [2.05, 4.69) is 47.6 Å². The van der Waals surface area contributed by atoms with Crippen LogP contribution in [0, 0.1) is 0 Å². The van der Waals surface area contributed by atoms with Crippen molar-refractivity contribution in [3.05, 3.63) is 65.8 Å². The summed E-state index contributed by atoms with van der Waals surface area (Å²) in [5, 5.41) is 15.0. The lowest BCUT2D eigenvalue weighted by Gasteiger charge is -2.40. The molecule has 3 atom stereocenters. The minimum atomic E-state index is -0.607. The van der Waals surface area contributed by atoms with Crippen molar-refractivity contribution in [2.45, 2.75) is 49.9 Å². The fraction of sp³-hybridized carbons (Fsp3) is 0.440. The average Bonchev–Trinajstić information content (AvgIpc) is 3.42. The van der Waals surface area contributed by atoms with Crippen LogP contribution in [0.1, 0.15) is 37.4 Å². The molecular formula is C25H30N6O2S. The molecule has 3 unspecified atom stereocenters. The van der Waals surface area contributed by atoms with Crippen molar-refractivity contribution in [3.8, 4) is 5.88 Å². The van der Waals surface area contributed by atoms with E-state index in [4.69, 9.17) is 4.74 Å². The first-order valence-corrected chi connectivity index (χ1v) is 12.7. The van der Waals surface area contributed by atoms with Crippen LogP contribution in [-0.4, -0.2) is 62.6 Å². The third-order valence-electron chi connectivity index (χ3n) is 7.39. The van der Waals surface area contributed by atoms with Crippen molar-refractivity contribution in [2.75, 3.05) is 20.2 Å². The standard InChI is InChI=1S/C25H30N6O2S/c1-33-24-5-4-22-25(29-24)21(6-8-26-22)23(32)15-30-18-2-3-19(30)12-17(11-18)27-13-16-7-9-31-20(10-16)14-28-34-31/h4-10,14,17-19,23,27-28,32H,2-3,11-13,15H2,1H3. The highest BCUT2D eigenvalue weighted by atomic mass is 32.2. The van der Waals surface area contributed by atoms with Crippen LogP contribution in [0.4, 0.5) is 0 Å². The molecule has 0 saturated carbocycles. The summed E-state index contributed by atoms with van der Waals surface area (Å²) in [6.45, 7) is 1.51. The number of rotatable bonds is 7. The van der Waals surface area contributed by atoms with Crippen LogP contribution in [0.15, 0.2) is 60.2 Å². The average molecular weight is 479 g/mol. The number of ether oxygens (including phenoxy) is 1. The van der Waals surface area contributed by atoms with E-state index in [0.717, 1.165) is 36.0 Å². The lowest BCUT2D eigenvalue weighted by atomic mass is 9.95. The normalized spacial score (nSPS) is 26.8. The maximum absolute atomic E-state index is 11.2. The van der Waals surface area contributed by atoms with E-state index in [1.807, 2.05) is 18.3 Å². The summed E-state index contributed by atoms with van der Waals surface area (Å²) >= 11 is 1.59. The van der Waals surface area contributed by atoms with Crippen molar-refractivity contribution in [2.24, 2.45) is 0 Å². The highest BCUT2D eigenvalue weighted by molar-refractivity contribution is 7.95. The first kappa shape index (κ1) is 21.9. The van der Waals surface area contributed by atoms with E-state index in [1.54, 1.807) is 31.5 Å². The Morgan fingerprint density at radius 1 is 1.26 bits per heavy atom.